The Bertz CT molecular complexity index is 822. The van der Waals surface area contributed by atoms with E-state index >= 15 is 0 Å². The molecule has 0 aliphatic rings. The molecule has 3 rings (SSSR count). The fourth-order valence-corrected chi connectivity index (χ4v) is 1.97. The number of halogens is 1. The number of carbonyl (C=O) groups is 1. The maximum atomic E-state index is 12.9. The molecule has 2 heterocycles. The lowest BCUT2D eigenvalue weighted by atomic mass is 10.2. The van der Waals surface area contributed by atoms with Gasteiger partial charge in [0.2, 0.25) is 5.89 Å². The monoisotopic (exact) mass is 301 g/mol. The molecule has 0 fully saturated rings. The van der Waals surface area contributed by atoms with Crippen LogP contribution in [-0.2, 0) is 7.05 Å². The first-order chi connectivity index (χ1) is 10.5. The van der Waals surface area contributed by atoms with Crippen molar-refractivity contribution in [3.63, 3.8) is 0 Å². The van der Waals surface area contributed by atoms with Crippen molar-refractivity contribution in [2.75, 3.05) is 5.32 Å². The van der Waals surface area contributed by atoms with E-state index in [1.54, 1.807) is 20.0 Å². The fraction of sp³-hybridized carbons (Fsp3) is 0.143. The summed E-state index contributed by atoms with van der Waals surface area (Å²) < 4.78 is 19.7. The zero-order valence-corrected chi connectivity index (χ0v) is 11.9. The molecule has 0 bridgehead atoms. The van der Waals surface area contributed by atoms with Gasteiger partial charge >= 0.3 is 6.01 Å². The molecular weight excluding hydrogens is 289 g/mol. The lowest BCUT2D eigenvalue weighted by molar-refractivity contribution is 0.101. The lowest BCUT2D eigenvalue weighted by Crippen LogP contribution is -2.16. The first-order valence-electron chi connectivity index (χ1n) is 6.44. The SMILES string of the molecule is Cc1cc(C(=O)Nc2nnc(-c3ccc(F)cc3)o2)n(C)n1. The van der Waals surface area contributed by atoms with Gasteiger partial charge in [-0.25, -0.2) is 4.39 Å². The second-order valence-corrected chi connectivity index (χ2v) is 4.67. The number of aryl methyl sites for hydroxylation is 2. The molecule has 0 radical (unpaired) electrons. The summed E-state index contributed by atoms with van der Waals surface area (Å²) in [6.07, 6.45) is 0. The molecule has 7 nitrogen and oxygen atoms in total. The maximum Gasteiger partial charge on any atom is 0.322 e. The van der Waals surface area contributed by atoms with Crippen LogP contribution in [0.1, 0.15) is 16.2 Å². The van der Waals surface area contributed by atoms with E-state index in [1.807, 2.05) is 0 Å². The van der Waals surface area contributed by atoms with Gasteiger partial charge in [0.25, 0.3) is 5.91 Å². The van der Waals surface area contributed by atoms with Crippen LogP contribution in [0.5, 0.6) is 0 Å². The van der Waals surface area contributed by atoms with E-state index in [1.165, 1.54) is 28.9 Å². The molecule has 0 atom stereocenters. The smallest absolute Gasteiger partial charge is 0.322 e. The number of nitrogens with one attached hydrogen (secondary N) is 1. The Morgan fingerprint density at radius 3 is 2.64 bits per heavy atom. The fourth-order valence-electron chi connectivity index (χ4n) is 1.97. The zero-order valence-electron chi connectivity index (χ0n) is 11.9. The van der Waals surface area contributed by atoms with Crippen molar-refractivity contribution in [3.05, 3.63) is 47.5 Å². The Balaban J connectivity index is 1.78. The van der Waals surface area contributed by atoms with Crippen molar-refractivity contribution in [2.24, 2.45) is 7.05 Å². The summed E-state index contributed by atoms with van der Waals surface area (Å²) in [7, 11) is 1.67. The minimum Gasteiger partial charge on any atom is -0.403 e. The Hall–Kier alpha value is -3.03. The maximum absolute atomic E-state index is 12.9. The summed E-state index contributed by atoms with van der Waals surface area (Å²) in [6, 6.07) is 7.21. The minimum absolute atomic E-state index is 0.0387. The predicted molar refractivity (Wildman–Crippen MR) is 75.6 cm³/mol. The number of amides is 1. The number of benzene rings is 1. The molecule has 22 heavy (non-hydrogen) atoms. The summed E-state index contributed by atoms with van der Waals surface area (Å²) >= 11 is 0. The summed E-state index contributed by atoms with van der Waals surface area (Å²) in [4.78, 5) is 12.1. The summed E-state index contributed by atoms with van der Waals surface area (Å²) in [5, 5.41) is 14.1. The van der Waals surface area contributed by atoms with Crippen molar-refractivity contribution in [2.45, 2.75) is 6.92 Å². The van der Waals surface area contributed by atoms with Gasteiger partial charge in [0.1, 0.15) is 11.5 Å². The summed E-state index contributed by atoms with van der Waals surface area (Å²) in [5.41, 5.74) is 1.66. The van der Waals surface area contributed by atoms with E-state index < -0.39 is 5.91 Å². The molecule has 3 aromatic rings. The zero-order chi connectivity index (χ0) is 15.7. The van der Waals surface area contributed by atoms with E-state index in [0.29, 0.717) is 11.3 Å². The third kappa shape index (κ3) is 2.71. The third-order valence-corrected chi connectivity index (χ3v) is 2.97. The van der Waals surface area contributed by atoms with Crippen molar-refractivity contribution in [3.8, 4) is 11.5 Å². The minimum atomic E-state index is -0.405. The van der Waals surface area contributed by atoms with E-state index in [0.717, 1.165) is 5.69 Å². The van der Waals surface area contributed by atoms with E-state index in [9.17, 15) is 9.18 Å². The molecule has 0 aliphatic carbocycles. The van der Waals surface area contributed by atoms with Crippen LogP contribution in [0.15, 0.2) is 34.7 Å². The van der Waals surface area contributed by atoms with Gasteiger partial charge in [0, 0.05) is 12.6 Å². The van der Waals surface area contributed by atoms with E-state index in [-0.39, 0.29) is 17.7 Å². The number of nitrogens with zero attached hydrogens (tertiary/aromatic N) is 4. The first-order valence-corrected chi connectivity index (χ1v) is 6.44. The summed E-state index contributed by atoms with van der Waals surface area (Å²) in [6.45, 7) is 1.79. The van der Waals surface area contributed by atoms with Gasteiger partial charge in [-0.2, -0.15) is 5.10 Å². The van der Waals surface area contributed by atoms with Crippen molar-refractivity contribution < 1.29 is 13.6 Å². The molecule has 8 heteroatoms. The average molecular weight is 301 g/mol. The topological polar surface area (TPSA) is 85.8 Å². The van der Waals surface area contributed by atoms with Gasteiger partial charge in [0.05, 0.1) is 5.69 Å². The number of hydrogen-bond acceptors (Lipinski definition) is 5. The molecule has 1 N–H and O–H groups in total. The molecule has 0 aliphatic heterocycles. The molecule has 2 aromatic heterocycles. The summed E-state index contributed by atoms with van der Waals surface area (Å²) in [5.74, 6) is -0.572. The van der Waals surface area contributed by atoms with Crippen LogP contribution in [0, 0.1) is 12.7 Å². The van der Waals surface area contributed by atoms with Gasteiger partial charge < -0.3 is 4.42 Å². The highest BCUT2D eigenvalue weighted by molar-refractivity contribution is 6.01. The second-order valence-electron chi connectivity index (χ2n) is 4.67. The highest BCUT2D eigenvalue weighted by Crippen LogP contribution is 2.20. The van der Waals surface area contributed by atoms with Crippen LogP contribution >= 0.6 is 0 Å². The molecule has 0 saturated heterocycles. The van der Waals surface area contributed by atoms with Crippen LogP contribution < -0.4 is 5.32 Å². The van der Waals surface area contributed by atoms with E-state index in [4.69, 9.17) is 4.42 Å². The standard InChI is InChI=1S/C14H12FN5O2/c1-8-7-11(20(2)19-8)12(21)16-14-18-17-13(22-14)9-3-5-10(15)6-4-9/h3-7H,1-2H3,(H,16,18,21). The molecule has 1 aromatic carbocycles. The predicted octanol–water partition coefficient (Wildman–Crippen LogP) is 2.17. The molecule has 0 spiro atoms. The van der Waals surface area contributed by atoms with Crippen LogP contribution in [0.2, 0.25) is 0 Å². The van der Waals surface area contributed by atoms with Crippen LogP contribution in [-0.4, -0.2) is 25.9 Å². The highest BCUT2D eigenvalue weighted by Gasteiger charge is 2.16. The van der Waals surface area contributed by atoms with Crippen LogP contribution in [0.4, 0.5) is 10.4 Å². The molecule has 0 saturated carbocycles. The molecule has 112 valence electrons. The highest BCUT2D eigenvalue weighted by atomic mass is 19.1. The Labute approximate surface area is 124 Å². The van der Waals surface area contributed by atoms with Gasteiger partial charge in [-0.15, -0.1) is 5.10 Å². The van der Waals surface area contributed by atoms with Gasteiger partial charge in [-0.05, 0) is 37.3 Å². The second kappa shape index (κ2) is 5.40. The number of rotatable bonds is 3. The van der Waals surface area contributed by atoms with Crippen molar-refractivity contribution >= 4 is 11.9 Å². The number of carbonyl (C=O) groups excluding carboxylic acids is 1. The quantitative estimate of drug-likeness (QED) is 0.801. The molecule has 1 amide bonds. The number of hydrogen-bond donors (Lipinski definition) is 1. The molecular formula is C14H12FN5O2. The van der Waals surface area contributed by atoms with Gasteiger partial charge in [0.15, 0.2) is 0 Å². The third-order valence-electron chi connectivity index (χ3n) is 2.97. The van der Waals surface area contributed by atoms with E-state index in [2.05, 4.69) is 20.6 Å². The normalized spacial score (nSPS) is 10.7. The first kappa shape index (κ1) is 13.9. The van der Waals surface area contributed by atoms with Crippen molar-refractivity contribution in [1.82, 2.24) is 20.0 Å². The number of aromatic nitrogens is 4. The van der Waals surface area contributed by atoms with Crippen LogP contribution in [0.25, 0.3) is 11.5 Å². The Kier molecular flexibility index (Phi) is 3.42. The van der Waals surface area contributed by atoms with Gasteiger partial charge in [-0.1, -0.05) is 5.10 Å². The largest absolute Gasteiger partial charge is 0.403 e. The average Bonchev–Trinajstić information content (AvgIpc) is 3.06. The number of anilines is 1. The van der Waals surface area contributed by atoms with Gasteiger partial charge in [-0.3, -0.25) is 14.8 Å². The Morgan fingerprint density at radius 1 is 1.27 bits per heavy atom. The molecule has 0 unspecified atom stereocenters. The Morgan fingerprint density at radius 2 is 2.00 bits per heavy atom. The van der Waals surface area contributed by atoms with Crippen LogP contribution in [0.3, 0.4) is 0 Å². The lowest BCUT2D eigenvalue weighted by Gasteiger charge is -2.00. The van der Waals surface area contributed by atoms with Crippen molar-refractivity contribution in [1.29, 1.82) is 0 Å².